The van der Waals surface area contributed by atoms with E-state index in [4.69, 9.17) is 0 Å². The first kappa shape index (κ1) is 13.4. The minimum atomic E-state index is -0.340. The average molecular weight is 327 g/mol. The highest BCUT2D eigenvalue weighted by Gasteiger charge is 2.14. The van der Waals surface area contributed by atoms with Crippen LogP contribution in [0.5, 0.6) is 0 Å². The predicted octanol–water partition coefficient (Wildman–Crippen LogP) is 4.64. The Hall–Kier alpha value is -1.00. The van der Waals surface area contributed by atoms with Gasteiger partial charge in [-0.15, -0.1) is 11.3 Å². The van der Waals surface area contributed by atoms with E-state index in [0.717, 1.165) is 16.9 Å². The second-order valence-electron chi connectivity index (χ2n) is 3.96. The number of ketones is 1. The number of halogens is 2. The zero-order chi connectivity index (χ0) is 13.1. The minimum absolute atomic E-state index is 0.0110. The van der Waals surface area contributed by atoms with Crippen LogP contribution in [-0.2, 0) is 12.8 Å². The Bertz CT molecular complexity index is 577. The molecule has 1 heterocycles. The van der Waals surface area contributed by atoms with Crippen molar-refractivity contribution in [2.45, 2.75) is 19.8 Å². The second kappa shape index (κ2) is 5.76. The van der Waals surface area contributed by atoms with Crippen LogP contribution in [0.25, 0.3) is 0 Å². The van der Waals surface area contributed by atoms with E-state index < -0.39 is 0 Å². The molecule has 0 unspecified atom stereocenters. The maximum atomic E-state index is 13.7. The summed E-state index contributed by atoms with van der Waals surface area (Å²) in [5.74, 6) is -0.351. The van der Waals surface area contributed by atoms with Crippen molar-refractivity contribution in [1.82, 2.24) is 0 Å². The number of carbonyl (C=O) groups excluding carboxylic acids is 1. The van der Waals surface area contributed by atoms with E-state index in [0.29, 0.717) is 10.0 Å². The van der Waals surface area contributed by atoms with E-state index in [-0.39, 0.29) is 18.0 Å². The third-order valence-electron chi connectivity index (χ3n) is 2.75. The van der Waals surface area contributed by atoms with Crippen molar-refractivity contribution in [2.75, 3.05) is 0 Å². The lowest BCUT2D eigenvalue weighted by Gasteiger charge is -2.04. The number of rotatable bonds is 4. The fraction of sp³-hybridized carbons (Fsp3) is 0.214. The monoisotopic (exact) mass is 326 g/mol. The summed E-state index contributed by atoms with van der Waals surface area (Å²) in [4.78, 5) is 12.9. The van der Waals surface area contributed by atoms with Crippen molar-refractivity contribution in [1.29, 1.82) is 0 Å². The largest absolute Gasteiger partial charge is 0.293 e. The van der Waals surface area contributed by atoms with Gasteiger partial charge in [-0.2, -0.15) is 0 Å². The van der Waals surface area contributed by atoms with Gasteiger partial charge in [0.2, 0.25) is 0 Å². The van der Waals surface area contributed by atoms with E-state index in [1.807, 2.05) is 18.4 Å². The van der Waals surface area contributed by atoms with Gasteiger partial charge < -0.3 is 0 Å². The summed E-state index contributed by atoms with van der Waals surface area (Å²) >= 11 is 4.63. The molecular weight excluding hydrogens is 315 g/mol. The van der Waals surface area contributed by atoms with Crippen LogP contribution in [0.15, 0.2) is 34.1 Å². The topological polar surface area (TPSA) is 17.1 Å². The number of carbonyl (C=O) groups is 1. The van der Waals surface area contributed by atoms with E-state index in [2.05, 4.69) is 15.9 Å². The van der Waals surface area contributed by atoms with E-state index in [9.17, 15) is 9.18 Å². The number of thiophene rings is 1. The SMILES string of the molecule is CCc1ccsc1C(=O)Cc1ccc(Br)cc1F. The first-order valence-corrected chi connectivity index (χ1v) is 7.32. The molecule has 0 atom stereocenters. The normalized spacial score (nSPS) is 10.6. The lowest BCUT2D eigenvalue weighted by atomic mass is 10.0. The Kier molecular flexibility index (Phi) is 4.30. The second-order valence-corrected chi connectivity index (χ2v) is 5.80. The molecule has 0 aliphatic carbocycles. The minimum Gasteiger partial charge on any atom is -0.293 e. The van der Waals surface area contributed by atoms with Gasteiger partial charge in [0.15, 0.2) is 5.78 Å². The fourth-order valence-corrected chi connectivity index (χ4v) is 3.05. The summed E-state index contributed by atoms with van der Waals surface area (Å²) in [7, 11) is 0. The zero-order valence-corrected chi connectivity index (χ0v) is 12.3. The molecule has 0 aliphatic rings. The molecule has 2 aromatic rings. The summed E-state index contributed by atoms with van der Waals surface area (Å²) in [6, 6.07) is 6.74. The molecule has 0 N–H and O–H groups in total. The van der Waals surface area contributed by atoms with Gasteiger partial charge in [-0.3, -0.25) is 4.79 Å². The molecule has 1 nitrogen and oxygen atoms in total. The van der Waals surface area contributed by atoms with Crippen molar-refractivity contribution in [3.05, 3.63) is 55.9 Å². The highest BCUT2D eigenvalue weighted by molar-refractivity contribution is 9.10. The molecule has 0 amide bonds. The Balaban J connectivity index is 2.21. The van der Waals surface area contributed by atoms with Crippen LogP contribution >= 0.6 is 27.3 Å². The molecule has 0 saturated heterocycles. The van der Waals surface area contributed by atoms with Gasteiger partial charge in [0.1, 0.15) is 5.82 Å². The Labute approximate surface area is 118 Å². The quantitative estimate of drug-likeness (QED) is 0.748. The smallest absolute Gasteiger partial charge is 0.177 e. The summed E-state index contributed by atoms with van der Waals surface area (Å²) in [5.41, 5.74) is 1.49. The van der Waals surface area contributed by atoms with Crippen molar-refractivity contribution >= 4 is 33.0 Å². The molecule has 18 heavy (non-hydrogen) atoms. The summed E-state index contributed by atoms with van der Waals surface area (Å²) in [5, 5.41) is 1.91. The lowest BCUT2D eigenvalue weighted by molar-refractivity contribution is 0.0995. The van der Waals surface area contributed by atoms with Gasteiger partial charge in [-0.25, -0.2) is 4.39 Å². The molecular formula is C14H12BrFOS. The van der Waals surface area contributed by atoms with Crippen molar-refractivity contribution in [3.8, 4) is 0 Å². The number of aryl methyl sites for hydroxylation is 1. The van der Waals surface area contributed by atoms with Gasteiger partial charge in [0.25, 0.3) is 0 Å². The molecule has 0 saturated carbocycles. The summed E-state index contributed by atoms with van der Waals surface area (Å²) < 4.78 is 14.3. The first-order valence-electron chi connectivity index (χ1n) is 5.65. The van der Waals surface area contributed by atoms with Gasteiger partial charge in [0, 0.05) is 10.9 Å². The predicted molar refractivity (Wildman–Crippen MR) is 75.8 cm³/mol. The van der Waals surface area contributed by atoms with E-state index in [1.165, 1.54) is 17.4 Å². The number of hydrogen-bond donors (Lipinski definition) is 0. The van der Waals surface area contributed by atoms with Crippen LogP contribution in [0.2, 0.25) is 0 Å². The lowest BCUT2D eigenvalue weighted by Crippen LogP contribution is -2.05. The van der Waals surface area contributed by atoms with Crippen molar-refractivity contribution in [3.63, 3.8) is 0 Å². The summed E-state index contributed by atoms with van der Waals surface area (Å²) in [6.07, 6.45) is 0.944. The first-order chi connectivity index (χ1) is 8.61. The van der Waals surface area contributed by atoms with Crippen LogP contribution in [-0.4, -0.2) is 5.78 Å². The van der Waals surface area contributed by atoms with Crippen LogP contribution in [0, 0.1) is 5.82 Å². The third-order valence-corrected chi connectivity index (χ3v) is 4.24. The summed E-state index contributed by atoms with van der Waals surface area (Å²) in [6.45, 7) is 2.01. The van der Waals surface area contributed by atoms with Gasteiger partial charge in [-0.05, 0) is 41.1 Å². The molecule has 2 rings (SSSR count). The number of hydrogen-bond acceptors (Lipinski definition) is 2. The van der Waals surface area contributed by atoms with Crippen LogP contribution in [0.1, 0.15) is 27.7 Å². The Morgan fingerprint density at radius 3 is 2.78 bits per heavy atom. The highest BCUT2D eigenvalue weighted by Crippen LogP contribution is 2.22. The van der Waals surface area contributed by atoms with Crippen molar-refractivity contribution in [2.24, 2.45) is 0 Å². The maximum absolute atomic E-state index is 13.7. The standard InChI is InChI=1S/C14H12BrFOS/c1-2-9-5-6-18-14(9)13(17)7-10-3-4-11(15)8-12(10)16/h3-6,8H,2,7H2,1H3. The molecule has 1 aromatic heterocycles. The Morgan fingerprint density at radius 1 is 1.33 bits per heavy atom. The molecule has 0 fully saturated rings. The maximum Gasteiger partial charge on any atom is 0.177 e. The Morgan fingerprint density at radius 2 is 2.11 bits per heavy atom. The molecule has 0 aliphatic heterocycles. The highest BCUT2D eigenvalue weighted by atomic mass is 79.9. The molecule has 0 bridgehead atoms. The average Bonchev–Trinajstić information content (AvgIpc) is 2.81. The fourth-order valence-electron chi connectivity index (χ4n) is 1.78. The van der Waals surface area contributed by atoms with Gasteiger partial charge >= 0.3 is 0 Å². The third kappa shape index (κ3) is 2.87. The van der Waals surface area contributed by atoms with Gasteiger partial charge in [0.05, 0.1) is 4.88 Å². The number of benzene rings is 1. The van der Waals surface area contributed by atoms with Crippen LogP contribution < -0.4 is 0 Å². The molecule has 0 radical (unpaired) electrons. The van der Waals surface area contributed by atoms with Crippen LogP contribution in [0.4, 0.5) is 4.39 Å². The van der Waals surface area contributed by atoms with Crippen molar-refractivity contribution < 1.29 is 9.18 Å². The zero-order valence-electron chi connectivity index (χ0n) is 9.87. The number of Topliss-reactive ketones (excluding diaryl/α,β-unsaturated/α-hetero) is 1. The van der Waals surface area contributed by atoms with Crippen LogP contribution in [0.3, 0.4) is 0 Å². The molecule has 0 spiro atoms. The van der Waals surface area contributed by atoms with E-state index >= 15 is 0 Å². The van der Waals surface area contributed by atoms with E-state index in [1.54, 1.807) is 12.1 Å². The molecule has 4 heteroatoms. The molecule has 1 aromatic carbocycles. The van der Waals surface area contributed by atoms with Gasteiger partial charge in [-0.1, -0.05) is 28.9 Å². The molecule has 94 valence electrons.